The Bertz CT molecular complexity index is 985. The minimum atomic E-state index is -0.559. The van der Waals surface area contributed by atoms with E-state index in [2.05, 4.69) is 20.0 Å². The molecule has 3 rings (SSSR count). The predicted octanol–water partition coefficient (Wildman–Crippen LogP) is 1.20. The molecule has 0 saturated carbocycles. The van der Waals surface area contributed by atoms with Crippen molar-refractivity contribution < 1.29 is 9.53 Å². The molecule has 0 aliphatic carbocycles. The van der Waals surface area contributed by atoms with Crippen LogP contribution in [0.1, 0.15) is 5.56 Å². The number of hydrogen-bond acceptors (Lipinski definition) is 7. The summed E-state index contributed by atoms with van der Waals surface area (Å²) in [5.41, 5.74) is 6.87. The van der Waals surface area contributed by atoms with Crippen LogP contribution in [0.4, 0.5) is 11.5 Å². The van der Waals surface area contributed by atoms with Crippen molar-refractivity contribution in [2.45, 2.75) is 13.0 Å². The Morgan fingerprint density at radius 2 is 2.04 bits per heavy atom. The molecular weight excluding hydrogens is 334 g/mol. The molecule has 0 spiro atoms. The largest absolute Gasteiger partial charge is 0.468 e. The maximum absolute atomic E-state index is 12.3. The molecule has 0 bridgehead atoms. The molecule has 0 aliphatic rings. The molecule has 0 radical (unpaired) electrons. The number of aromatic nitrogens is 3. The van der Waals surface area contributed by atoms with Gasteiger partial charge in [0, 0.05) is 6.54 Å². The third kappa shape index (κ3) is 3.64. The number of nitrogens with one attached hydrogen (secondary N) is 1. The normalized spacial score (nSPS) is 10.7. The third-order valence-corrected chi connectivity index (χ3v) is 3.97. The van der Waals surface area contributed by atoms with Gasteiger partial charge in [0.05, 0.1) is 18.2 Å². The Labute approximate surface area is 149 Å². The highest BCUT2D eigenvalue weighted by atomic mass is 16.5. The SMILES string of the molecule is COC(=O)Cn1c(=O)c(N)cc2c(NCCc3ccccc3)ncnc21. The summed E-state index contributed by atoms with van der Waals surface area (Å²) in [7, 11) is 1.26. The second-order valence-corrected chi connectivity index (χ2v) is 5.69. The van der Waals surface area contributed by atoms with Crippen LogP contribution in [0.15, 0.2) is 47.5 Å². The first kappa shape index (κ1) is 17.4. The van der Waals surface area contributed by atoms with E-state index in [4.69, 9.17) is 5.73 Å². The predicted molar refractivity (Wildman–Crippen MR) is 98.9 cm³/mol. The second kappa shape index (κ2) is 7.64. The number of anilines is 2. The van der Waals surface area contributed by atoms with Gasteiger partial charge >= 0.3 is 5.97 Å². The summed E-state index contributed by atoms with van der Waals surface area (Å²) in [6.45, 7) is 0.378. The summed E-state index contributed by atoms with van der Waals surface area (Å²) in [4.78, 5) is 32.3. The first-order chi connectivity index (χ1) is 12.6. The monoisotopic (exact) mass is 353 g/mol. The van der Waals surface area contributed by atoms with Crippen molar-refractivity contribution in [2.24, 2.45) is 0 Å². The minimum Gasteiger partial charge on any atom is -0.468 e. The highest BCUT2D eigenvalue weighted by Gasteiger charge is 2.15. The summed E-state index contributed by atoms with van der Waals surface area (Å²) in [5, 5.41) is 3.81. The van der Waals surface area contributed by atoms with Crippen LogP contribution in [-0.2, 0) is 22.5 Å². The molecule has 3 N–H and O–H groups in total. The lowest BCUT2D eigenvalue weighted by molar-refractivity contribution is -0.141. The number of nitrogen functional groups attached to an aromatic ring is 1. The van der Waals surface area contributed by atoms with Gasteiger partial charge in [-0.25, -0.2) is 9.97 Å². The topological polar surface area (TPSA) is 112 Å². The second-order valence-electron chi connectivity index (χ2n) is 5.69. The Morgan fingerprint density at radius 1 is 1.27 bits per heavy atom. The fourth-order valence-corrected chi connectivity index (χ4v) is 2.65. The summed E-state index contributed by atoms with van der Waals surface area (Å²) in [6, 6.07) is 11.6. The van der Waals surface area contributed by atoms with Crippen LogP contribution in [-0.4, -0.2) is 34.2 Å². The van der Waals surface area contributed by atoms with E-state index >= 15 is 0 Å². The van der Waals surface area contributed by atoms with Gasteiger partial charge in [0.1, 0.15) is 24.3 Å². The maximum Gasteiger partial charge on any atom is 0.325 e. The number of methoxy groups -OCH3 is 1. The first-order valence-electron chi connectivity index (χ1n) is 8.09. The molecular formula is C18H19N5O3. The summed E-state index contributed by atoms with van der Waals surface area (Å²) < 4.78 is 5.84. The van der Waals surface area contributed by atoms with E-state index in [-0.39, 0.29) is 12.2 Å². The van der Waals surface area contributed by atoms with Crippen LogP contribution < -0.4 is 16.6 Å². The maximum atomic E-state index is 12.3. The highest BCUT2D eigenvalue weighted by Crippen LogP contribution is 2.20. The van der Waals surface area contributed by atoms with E-state index in [9.17, 15) is 9.59 Å². The minimum absolute atomic E-state index is 0.0160. The van der Waals surface area contributed by atoms with Crippen LogP contribution >= 0.6 is 0 Å². The number of pyridine rings is 1. The van der Waals surface area contributed by atoms with Gasteiger partial charge in [-0.15, -0.1) is 0 Å². The van der Waals surface area contributed by atoms with Crippen molar-refractivity contribution in [2.75, 3.05) is 24.7 Å². The molecule has 0 fully saturated rings. The number of carbonyl (C=O) groups is 1. The Hall–Kier alpha value is -3.42. The lowest BCUT2D eigenvalue weighted by Crippen LogP contribution is -2.28. The number of fused-ring (bicyclic) bond motifs is 1. The van der Waals surface area contributed by atoms with E-state index in [1.54, 1.807) is 0 Å². The van der Waals surface area contributed by atoms with Gasteiger partial charge in [-0.1, -0.05) is 30.3 Å². The number of nitrogens with zero attached hydrogens (tertiary/aromatic N) is 3. The number of hydrogen-bond donors (Lipinski definition) is 2. The van der Waals surface area contributed by atoms with Crippen LogP contribution in [0.2, 0.25) is 0 Å². The van der Waals surface area contributed by atoms with Crippen molar-refractivity contribution in [1.82, 2.24) is 14.5 Å². The average Bonchev–Trinajstić information content (AvgIpc) is 2.66. The van der Waals surface area contributed by atoms with Crippen LogP contribution in [0.3, 0.4) is 0 Å². The fraction of sp³-hybridized carbons (Fsp3) is 0.222. The molecule has 1 aromatic carbocycles. The molecule has 0 aliphatic heterocycles. The van der Waals surface area contributed by atoms with Gasteiger partial charge in [0.25, 0.3) is 5.56 Å². The third-order valence-electron chi connectivity index (χ3n) is 3.97. The van der Waals surface area contributed by atoms with E-state index in [0.29, 0.717) is 23.4 Å². The molecule has 2 aromatic heterocycles. The van der Waals surface area contributed by atoms with Gasteiger partial charge in [-0.2, -0.15) is 0 Å². The van der Waals surface area contributed by atoms with E-state index in [0.717, 1.165) is 6.42 Å². The molecule has 0 saturated heterocycles. The van der Waals surface area contributed by atoms with Crippen LogP contribution in [0.25, 0.3) is 11.0 Å². The zero-order valence-electron chi connectivity index (χ0n) is 14.3. The molecule has 3 aromatic rings. The lowest BCUT2D eigenvalue weighted by Gasteiger charge is -2.13. The van der Waals surface area contributed by atoms with Crippen molar-refractivity contribution >= 4 is 28.5 Å². The molecule has 0 amide bonds. The van der Waals surface area contributed by atoms with Crippen molar-refractivity contribution in [3.63, 3.8) is 0 Å². The van der Waals surface area contributed by atoms with Crippen molar-refractivity contribution in [3.05, 3.63) is 58.6 Å². The molecule has 0 unspecified atom stereocenters. The fourth-order valence-electron chi connectivity index (χ4n) is 2.65. The Kier molecular flexibility index (Phi) is 5.12. The van der Waals surface area contributed by atoms with E-state index in [1.165, 1.54) is 29.6 Å². The lowest BCUT2D eigenvalue weighted by atomic mass is 10.1. The molecule has 0 atom stereocenters. The Balaban J connectivity index is 1.92. The Morgan fingerprint density at radius 3 is 2.77 bits per heavy atom. The average molecular weight is 353 g/mol. The van der Waals surface area contributed by atoms with Gasteiger partial charge in [0.15, 0.2) is 0 Å². The van der Waals surface area contributed by atoms with Crippen LogP contribution in [0.5, 0.6) is 0 Å². The smallest absolute Gasteiger partial charge is 0.325 e. The highest BCUT2D eigenvalue weighted by molar-refractivity contribution is 5.89. The number of benzene rings is 1. The summed E-state index contributed by atoms with van der Waals surface area (Å²) in [6.07, 6.45) is 2.15. The first-order valence-corrected chi connectivity index (χ1v) is 8.09. The number of rotatable bonds is 6. The standard InChI is InChI=1S/C18H19N5O3/c1-26-15(24)10-23-17-13(9-14(19)18(23)25)16(21-11-22-17)20-8-7-12-5-3-2-4-6-12/h2-6,9,11H,7-8,10,19H2,1H3,(H,20,21,22). The molecule has 134 valence electrons. The number of esters is 1. The van der Waals surface area contributed by atoms with Gasteiger partial charge in [-0.05, 0) is 18.1 Å². The zero-order chi connectivity index (χ0) is 18.5. The molecule has 8 nitrogen and oxygen atoms in total. The van der Waals surface area contributed by atoms with Crippen molar-refractivity contribution in [3.8, 4) is 0 Å². The summed E-state index contributed by atoms with van der Waals surface area (Å²) in [5.74, 6) is -0.00699. The van der Waals surface area contributed by atoms with Crippen LogP contribution in [0, 0.1) is 0 Å². The molecule has 8 heteroatoms. The molecule has 26 heavy (non-hydrogen) atoms. The molecule has 2 heterocycles. The zero-order valence-corrected chi connectivity index (χ0v) is 14.3. The van der Waals surface area contributed by atoms with Gasteiger partial charge < -0.3 is 15.8 Å². The van der Waals surface area contributed by atoms with Gasteiger partial charge in [-0.3, -0.25) is 14.2 Å². The quantitative estimate of drug-likeness (QED) is 0.640. The number of carbonyl (C=O) groups excluding carboxylic acids is 1. The summed E-state index contributed by atoms with van der Waals surface area (Å²) >= 11 is 0. The number of nitrogens with two attached hydrogens (primary N) is 1. The van der Waals surface area contributed by atoms with E-state index in [1.807, 2.05) is 30.3 Å². The van der Waals surface area contributed by atoms with Crippen molar-refractivity contribution in [1.29, 1.82) is 0 Å². The van der Waals surface area contributed by atoms with E-state index < -0.39 is 11.5 Å². The number of ether oxygens (including phenoxy) is 1. The van der Waals surface area contributed by atoms with Gasteiger partial charge in [0.2, 0.25) is 0 Å².